The lowest BCUT2D eigenvalue weighted by Gasteiger charge is -2.42. The largest absolute Gasteiger partial charge is 0.378 e. The number of halogens is 2. The number of unbranched alkanes of at least 4 members (excludes halogenated alkanes) is 5. The van der Waals surface area contributed by atoms with E-state index in [0.717, 1.165) is 63.5 Å². The van der Waals surface area contributed by atoms with E-state index in [1.165, 1.54) is 57.8 Å². The Kier molecular flexibility index (Phi) is 9.86. The van der Waals surface area contributed by atoms with Crippen LogP contribution in [0.1, 0.15) is 133 Å². The Morgan fingerprint density at radius 2 is 1.59 bits per heavy atom. The molecule has 0 heterocycles. The summed E-state index contributed by atoms with van der Waals surface area (Å²) in [6, 6.07) is 2.08. The molecule has 3 aliphatic carbocycles. The maximum Gasteiger partial charge on any atom is 0.162 e. The number of ether oxygens (including phenoxy) is 1. The van der Waals surface area contributed by atoms with E-state index < -0.39 is 11.6 Å². The van der Waals surface area contributed by atoms with Crippen molar-refractivity contribution in [3.8, 4) is 0 Å². The summed E-state index contributed by atoms with van der Waals surface area (Å²) in [5.74, 6) is 1.04. The summed E-state index contributed by atoms with van der Waals surface area (Å²) in [6.45, 7) is 5.36. The summed E-state index contributed by atoms with van der Waals surface area (Å²) >= 11 is 0. The fraction of sp³-hybridized carbons (Fsp3) is 0.806. The van der Waals surface area contributed by atoms with Crippen LogP contribution in [0.4, 0.5) is 8.78 Å². The van der Waals surface area contributed by atoms with Crippen molar-refractivity contribution in [2.75, 3.05) is 6.61 Å². The Hall–Kier alpha value is -0.960. The average molecular weight is 475 g/mol. The lowest BCUT2D eigenvalue weighted by atomic mass is 9.65. The van der Waals surface area contributed by atoms with Gasteiger partial charge in [-0.1, -0.05) is 64.9 Å². The molecule has 0 aliphatic heterocycles. The van der Waals surface area contributed by atoms with Crippen molar-refractivity contribution in [1.82, 2.24) is 0 Å². The van der Waals surface area contributed by atoms with Gasteiger partial charge in [0.05, 0.1) is 6.10 Å². The van der Waals surface area contributed by atoms with E-state index in [-0.39, 0.29) is 5.92 Å². The van der Waals surface area contributed by atoms with Crippen LogP contribution in [0.5, 0.6) is 0 Å². The van der Waals surface area contributed by atoms with Gasteiger partial charge in [0, 0.05) is 6.61 Å². The fourth-order valence-corrected chi connectivity index (χ4v) is 7.22. The molecule has 1 nitrogen and oxygen atoms in total. The van der Waals surface area contributed by atoms with Crippen molar-refractivity contribution < 1.29 is 13.5 Å². The third kappa shape index (κ3) is 6.42. The highest BCUT2D eigenvalue weighted by Crippen LogP contribution is 2.48. The Balaban J connectivity index is 1.34. The molecular weight excluding hydrogens is 426 g/mol. The van der Waals surface area contributed by atoms with Gasteiger partial charge in [-0.2, -0.15) is 0 Å². The topological polar surface area (TPSA) is 9.23 Å². The molecule has 5 atom stereocenters. The molecule has 1 aromatic rings. The van der Waals surface area contributed by atoms with Gasteiger partial charge in [-0.05, 0) is 105 Å². The maximum absolute atomic E-state index is 15.3. The van der Waals surface area contributed by atoms with Crippen LogP contribution in [0.15, 0.2) is 6.07 Å². The second-order valence-corrected chi connectivity index (χ2v) is 11.7. The molecule has 2 fully saturated rings. The zero-order valence-electron chi connectivity index (χ0n) is 21.9. The number of benzene rings is 1. The van der Waals surface area contributed by atoms with Gasteiger partial charge >= 0.3 is 0 Å². The quantitative estimate of drug-likeness (QED) is 0.290. The molecule has 0 radical (unpaired) electrons. The molecule has 2 saturated carbocycles. The average Bonchev–Trinajstić information content (AvgIpc) is 2.86. The fourth-order valence-electron chi connectivity index (χ4n) is 7.22. The zero-order chi connectivity index (χ0) is 23.9. The molecule has 192 valence electrons. The first kappa shape index (κ1) is 26.1. The van der Waals surface area contributed by atoms with Gasteiger partial charge in [0.15, 0.2) is 11.6 Å². The van der Waals surface area contributed by atoms with Crippen LogP contribution >= 0.6 is 0 Å². The smallest absolute Gasteiger partial charge is 0.162 e. The normalized spacial score (nSPS) is 29.0. The van der Waals surface area contributed by atoms with Crippen molar-refractivity contribution in [3.63, 3.8) is 0 Å². The van der Waals surface area contributed by atoms with Crippen LogP contribution in [-0.2, 0) is 17.6 Å². The third-order valence-electron chi connectivity index (χ3n) is 9.32. The Morgan fingerprint density at radius 1 is 0.824 bits per heavy atom. The van der Waals surface area contributed by atoms with Gasteiger partial charge in [-0.15, -0.1) is 0 Å². The minimum absolute atomic E-state index is 0.190. The zero-order valence-corrected chi connectivity index (χ0v) is 21.9. The monoisotopic (exact) mass is 474 g/mol. The first-order valence-electron chi connectivity index (χ1n) is 14.7. The molecule has 4 rings (SSSR count). The minimum Gasteiger partial charge on any atom is -0.378 e. The van der Waals surface area contributed by atoms with Crippen LogP contribution in [0.25, 0.3) is 0 Å². The highest BCUT2D eigenvalue weighted by atomic mass is 19.2. The molecule has 0 saturated heterocycles. The predicted octanol–water partition coefficient (Wildman–Crippen LogP) is 9.30. The number of fused-ring (bicyclic) bond motifs is 2. The van der Waals surface area contributed by atoms with Gasteiger partial charge in [0.1, 0.15) is 0 Å². The second kappa shape index (κ2) is 12.8. The van der Waals surface area contributed by atoms with Crippen molar-refractivity contribution >= 4 is 0 Å². The van der Waals surface area contributed by atoms with Crippen LogP contribution < -0.4 is 0 Å². The number of hydrogen-bond acceptors (Lipinski definition) is 1. The van der Waals surface area contributed by atoms with Crippen LogP contribution in [0.3, 0.4) is 0 Å². The summed E-state index contributed by atoms with van der Waals surface area (Å²) < 4.78 is 36.8. The van der Waals surface area contributed by atoms with Gasteiger partial charge < -0.3 is 4.74 Å². The van der Waals surface area contributed by atoms with E-state index in [0.29, 0.717) is 35.0 Å². The van der Waals surface area contributed by atoms with Crippen LogP contribution in [0, 0.1) is 29.4 Å². The summed E-state index contributed by atoms with van der Waals surface area (Å²) in [5, 5.41) is 0. The molecule has 0 bridgehead atoms. The van der Waals surface area contributed by atoms with E-state index in [1.807, 2.05) is 0 Å². The van der Waals surface area contributed by atoms with Gasteiger partial charge in [-0.3, -0.25) is 0 Å². The molecular formula is C31H48F2O. The van der Waals surface area contributed by atoms with Crippen molar-refractivity contribution in [2.24, 2.45) is 17.8 Å². The lowest BCUT2D eigenvalue weighted by molar-refractivity contribution is -0.0164. The highest BCUT2D eigenvalue weighted by molar-refractivity contribution is 5.38. The molecule has 5 unspecified atom stereocenters. The van der Waals surface area contributed by atoms with E-state index in [4.69, 9.17) is 4.74 Å². The minimum atomic E-state index is -0.526. The van der Waals surface area contributed by atoms with Crippen molar-refractivity contribution in [1.29, 1.82) is 0 Å². The molecule has 0 aromatic heterocycles. The van der Waals surface area contributed by atoms with Gasteiger partial charge in [0.2, 0.25) is 0 Å². The lowest BCUT2D eigenvalue weighted by Crippen LogP contribution is -2.34. The standard InChI is InChI=1S/C31H48F2O/c1-3-5-7-8-10-22-11-12-26-21-29(31(33)30(32)28(26)18-22)25-14-13-24-20-27(16-15-23(24)19-25)34-17-9-6-4-2/h21-25,27H,3-20H2,1-2H3. The Labute approximate surface area is 207 Å². The van der Waals surface area contributed by atoms with E-state index in [9.17, 15) is 0 Å². The van der Waals surface area contributed by atoms with Crippen molar-refractivity contribution in [3.05, 3.63) is 34.4 Å². The van der Waals surface area contributed by atoms with Crippen molar-refractivity contribution in [2.45, 2.75) is 135 Å². The Bertz CT molecular complexity index is 775. The summed E-state index contributed by atoms with van der Waals surface area (Å²) in [4.78, 5) is 0. The van der Waals surface area contributed by atoms with E-state index in [2.05, 4.69) is 19.9 Å². The molecule has 3 heteroatoms. The first-order valence-corrected chi connectivity index (χ1v) is 14.7. The third-order valence-corrected chi connectivity index (χ3v) is 9.32. The molecule has 0 N–H and O–H groups in total. The maximum atomic E-state index is 15.3. The SMILES string of the molecule is CCCCCCC1CCc2cc(C3CCC4CC(OCCCCC)CCC4C3)c(F)c(F)c2C1. The van der Waals surface area contributed by atoms with Crippen LogP contribution in [-0.4, -0.2) is 12.7 Å². The molecule has 1 aromatic carbocycles. The molecule has 34 heavy (non-hydrogen) atoms. The summed E-state index contributed by atoms with van der Waals surface area (Å²) in [5.41, 5.74) is 2.49. The number of hydrogen-bond donors (Lipinski definition) is 0. The summed E-state index contributed by atoms with van der Waals surface area (Å²) in [7, 11) is 0. The van der Waals surface area contributed by atoms with Gasteiger partial charge in [-0.25, -0.2) is 8.78 Å². The summed E-state index contributed by atoms with van der Waals surface area (Å²) in [6.07, 6.45) is 19.7. The molecule has 0 amide bonds. The van der Waals surface area contributed by atoms with Gasteiger partial charge in [0.25, 0.3) is 0 Å². The second-order valence-electron chi connectivity index (χ2n) is 11.7. The van der Waals surface area contributed by atoms with Crippen LogP contribution in [0.2, 0.25) is 0 Å². The predicted molar refractivity (Wildman–Crippen MR) is 137 cm³/mol. The molecule has 0 spiro atoms. The number of rotatable bonds is 11. The Morgan fingerprint density at radius 3 is 2.41 bits per heavy atom. The van der Waals surface area contributed by atoms with E-state index >= 15 is 8.78 Å². The highest BCUT2D eigenvalue weighted by Gasteiger charge is 2.38. The molecule has 3 aliphatic rings. The van der Waals surface area contributed by atoms with E-state index in [1.54, 1.807) is 0 Å². The first-order chi connectivity index (χ1) is 16.6. The number of aryl methyl sites for hydroxylation is 1.